The van der Waals surface area contributed by atoms with Gasteiger partial charge in [-0.05, 0) is 39.2 Å². The summed E-state index contributed by atoms with van der Waals surface area (Å²) in [5.74, 6) is -0.564. The van der Waals surface area contributed by atoms with Crippen LogP contribution < -0.4 is 0 Å². The fourth-order valence-electron chi connectivity index (χ4n) is 3.66. The van der Waals surface area contributed by atoms with Crippen LogP contribution in [-0.4, -0.2) is 47.3 Å². The molecule has 2 saturated heterocycles. The third-order valence-electron chi connectivity index (χ3n) is 4.49. The zero-order valence-corrected chi connectivity index (χ0v) is 11.5. The van der Waals surface area contributed by atoms with Crippen LogP contribution in [0.15, 0.2) is 0 Å². The molecule has 0 bridgehead atoms. The van der Waals surface area contributed by atoms with Crippen LogP contribution in [0.3, 0.4) is 0 Å². The van der Waals surface area contributed by atoms with Crippen LogP contribution in [-0.2, 0) is 9.53 Å². The molecule has 2 aliphatic heterocycles. The number of aliphatic hydroxyl groups is 1. The predicted molar refractivity (Wildman–Crippen MR) is 69.2 cm³/mol. The summed E-state index contributed by atoms with van der Waals surface area (Å²) in [6, 6.07) is 0.165. The molecule has 2 heterocycles. The highest BCUT2D eigenvalue weighted by atomic mass is 16.5. The van der Waals surface area contributed by atoms with Gasteiger partial charge in [-0.25, -0.2) is 0 Å². The molecule has 2 fully saturated rings. The third kappa shape index (κ3) is 2.28. The highest BCUT2D eigenvalue weighted by Crippen LogP contribution is 2.42. The number of nitrogens with zero attached hydrogens (tertiary/aromatic N) is 1. The van der Waals surface area contributed by atoms with Crippen LogP contribution in [0, 0.1) is 5.92 Å². The Morgan fingerprint density at radius 2 is 2.28 bits per heavy atom. The first-order valence-electron chi connectivity index (χ1n) is 7.26. The van der Waals surface area contributed by atoms with Gasteiger partial charge in [0.15, 0.2) is 0 Å². The number of fused-ring (bicyclic) bond motifs is 1. The van der Waals surface area contributed by atoms with Crippen LogP contribution >= 0.6 is 0 Å². The van der Waals surface area contributed by atoms with Gasteiger partial charge in [0.1, 0.15) is 0 Å². The van der Waals surface area contributed by atoms with E-state index in [9.17, 15) is 9.90 Å². The number of rotatable bonds is 5. The lowest BCUT2D eigenvalue weighted by molar-refractivity contribution is -0.160. The van der Waals surface area contributed by atoms with Crippen molar-refractivity contribution in [3.63, 3.8) is 0 Å². The molecular weight excluding hydrogens is 230 g/mol. The Balaban J connectivity index is 2.15. The first-order valence-corrected chi connectivity index (χ1v) is 7.26. The quantitative estimate of drug-likeness (QED) is 0.758. The summed E-state index contributed by atoms with van der Waals surface area (Å²) in [7, 11) is 0. The van der Waals surface area contributed by atoms with E-state index in [1.165, 1.54) is 0 Å². The van der Waals surface area contributed by atoms with Gasteiger partial charge >= 0.3 is 5.97 Å². The second kappa shape index (κ2) is 5.57. The lowest BCUT2D eigenvalue weighted by Gasteiger charge is -2.36. The number of carbonyl (C=O) groups is 1. The molecule has 1 N–H and O–H groups in total. The smallest absolute Gasteiger partial charge is 0.311 e. The molecule has 4 heteroatoms. The van der Waals surface area contributed by atoms with Gasteiger partial charge in [-0.15, -0.1) is 0 Å². The molecule has 0 amide bonds. The van der Waals surface area contributed by atoms with Gasteiger partial charge in [0, 0.05) is 12.6 Å². The summed E-state index contributed by atoms with van der Waals surface area (Å²) in [5.41, 5.74) is -0.862. The highest BCUT2D eigenvalue weighted by Gasteiger charge is 2.54. The number of esters is 1. The van der Waals surface area contributed by atoms with E-state index in [1.807, 2.05) is 6.92 Å². The molecule has 0 aromatic rings. The van der Waals surface area contributed by atoms with Crippen LogP contribution in [0.25, 0.3) is 0 Å². The lowest BCUT2D eigenvalue weighted by atomic mass is 9.78. The molecular formula is C14H25NO3. The molecule has 0 saturated carbocycles. The van der Waals surface area contributed by atoms with Crippen LogP contribution in [0.2, 0.25) is 0 Å². The van der Waals surface area contributed by atoms with Crippen LogP contribution in [0.4, 0.5) is 0 Å². The number of carbonyl (C=O) groups excluding carboxylic acids is 1. The molecule has 4 nitrogen and oxygen atoms in total. The summed E-state index contributed by atoms with van der Waals surface area (Å²) < 4.78 is 5.17. The van der Waals surface area contributed by atoms with Crippen molar-refractivity contribution in [1.82, 2.24) is 4.90 Å². The summed E-state index contributed by atoms with van der Waals surface area (Å²) >= 11 is 0. The number of hydrogen-bond donors (Lipinski definition) is 1. The fraction of sp³-hybridized carbons (Fsp3) is 0.929. The fourth-order valence-corrected chi connectivity index (χ4v) is 3.66. The van der Waals surface area contributed by atoms with Gasteiger partial charge in [0.05, 0.1) is 18.1 Å². The lowest BCUT2D eigenvalue weighted by Crippen LogP contribution is -2.50. The van der Waals surface area contributed by atoms with E-state index in [0.29, 0.717) is 13.0 Å². The molecule has 104 valence electrons. The van der Waals surface area contributed by atoms with Crippen molar-refractivity contribution >= 4 is 5.97 Å². The van der Waals surface area contributed by atoms with Crippen molar-refractivity contribution in [3.05, 3.63) is 0 Å². The molecule has 3 atom stereocenters. The Morgan fingerprint density at radius 3 is 2.94 bits per heavy atom. The van der Waals surface area contributed by atoms with E-state index in [4.69, 9.17) is 4.74 Å². The second-order valence-electron chi connectivity index (χ2n) is 5.53. The third-order valence-corrected chi connectivity index (χ3v) is 4.49. The van der Waals surface area contributed by atoms with Gasteiger partial charge in [-0.3, -0.25) is 9.69 Å². The van der Waals surface area contributed by atoms with E-state index in [2.05, 4.69) is 11.8 Å². The molecule has 0 spiro atoms. The molecule has 0 aliphatic carbocycles. The van der Waals surface area contributed by atoms with Crippen molar-refractivity contribution in [3.8, 4) is 0 Å². The first kappa shape index (κ1) is 13.8. The Kier molecular flexibility index (Phi) is 4.28. The van der Waals surface area contributed by atoms with E-state index in [-0.39, 0.29) is 17.9 Å². The first-order chi connectivity index (χ1) is 8.63. The largest absolute Gasteiger partial charge is 0.466 e. The monoisotopic (exact) mass is 255 g/mol. The molecule has 2 rings (SSSR count). The second-order valence-corrected chi connectivity index (χ2v) is 5.53. The molecule has 3 unspecified atom stereocenters. The average Bonchev–Trinajstić information content (AvgIpc) is 2.91. The SMILES string of the molecule is CCCC(C(=O)OCC)C1(O)CCN2CCCC21. The topological polar surface area (TPSA) is 49.8 Å². The maximum absolute atomic E-state index is 12.1. The molecule has 0 radical (unpaired) electrons. The minimum atomic E-state index is -0.862. The van der Waals surface area contributed by atoms with Crippen molar-refractivity contribution in [2.24, 2.45) is 5.92 Å². The van der Waals surface area contributed by atoms with Crippen molar-refractivity contribution < 1.29 is 14.6 Å². The van der Waals surface area contributed by atoms with Gasteiger partial charge in [0.25, 0.3) is 0 Å². The number of hydrogen-bond acceptors (Lipinski definition) is 4. The van der Waals surface area contributed by atoms with E-state index in [0.717, 1.165) is 38.8 Å². The standard InChI is InChI=1S/C14H25NO3/c1-3-6-11(13(16)18-4-2)14(17)8-10-15-9-5-7-12(14)15/h11-12,17H,3-10H2,1-2H3. The molecule has 2 aliphatic rings. The highest BCUT2D eigenvalue weighted by molar-refractivity contribution is 5.74. The zero-order valence-electron chi connectivity index (χ0n) is 11.5. The molecule has 0 aromatic heterocycles. The Hall–Kier alpha value is -0.610. The van der Waals surface area contributed by atoms with E-state index < -0.39 is 5.60 Å². The summed E-state index contributed by atoms with van der Waals surface area (Å²) in [6.07, 6.45) is 4.48. The minimum absolute atomic E-state index is 0.165. The van der Waals surface area contributed by atoms with Crippen LogP contribution in [0.1, 0.15) is 46.0 Å². The Labute approximate surface area is 109 Å². The van der Waals surface area contributed by atoms with Crippen molar-refractivity contribution in [1.29, 1.82) is 0 Å². The van der Waals surface area contributed by atoms with E-state index >= 15 is 0 Å². The Bertz CT molecular complexity index is 307. The van der Waals surface area contributed by atoms with Crippen LogP contribution in [0.5, 0.6) is 0 Å². The van der Waals surface area contributed by atoms with Crippen molar-refractivity contribution in [2.45, 2.75) is 57.6 Å². The molecule has 0 aromatic carbocycles. The maximum atomic E-state index is 12.1. The Morgan fingerprint density at radius 1 is 1.50 bits per heavy atom. The van der Waals surface area contributed by atoms with Gasteiger partial charge in [-0.1, -0.05) is 13.3 Å². The zero-order chi connectivity index (χ0) is 13.2. The predicted octanol–water partition coefficient (Wildman–Crippen LogP) is 1.56. The van der Waals surface area contributed by atoms with Gasteiger partial charge in [0.2, 0.25) is 0 Å². The minimum Gasteiger partial charge on any atom is -0.466 e. The normalized spacial score (nSPS) is 33.4. The maximum Gasteiger partial charge on any atom is 0.311 e. The summed E-state index contributed by atoms with van der Waals surface area (Å²) in [4.78, 5) is 14.4. The average molecular weight is 255 g/mol. The number of ether oxygens (including phenoxy) is 1. The van der Waals surface area contributed by atoms with Gasteiger partial charge in [-0.2, -0.15) is 0 Å². The van der Waals surface area contributed by atoms with E-state index in [1.54, 1.807) is 0 Å². The summed E-state index contributed by atoms with van der Waals surface area (Å²) in [6.45, 7) is 6.25. The van der Waals surface area contributed by atoms with Crippen molar-refractivity contribution in [2.75, 3.05) is 19.7 Å². The summed E-state index contributed by atoms with van der Waals surface area (Å²) in [5, 5.41) is 11.0. The van der Waals surface area contributed by atoms with Gasteiger partial charge < -0.3 is 9.84 Å². The molecule has 18 heavy (non-hydrogen) atoms.